The molecule has 2 aromatic rings. The van der Waals surface area contributed by atoms with E-state index in [1.165, 1.54) is 18.2 Å². The van der Waals surface area contributed by atoms with Crippen molar-refractivity contribution in [3.63, 3.8) is 0 Å². The molecule has 1 amide bonds. The van der Waals surface area contributed by atoms with E-state index >= 15 is 0 Å². The van der Waals surface area contributed by atoms with Gasteiger partial charge in [-0.3, -0.25) is 4.79 Å². The first-order chi connectivity index (χ1) is 9.08. The molecule has 0 fully saturated rings. The van der Waals surface area contributed by atoms with Crippen LogP contribution in [-0.4, -0.2) is 5.91 Å². The molecule has 5 heteroatoms. The quantitative estimate of drug-likeness (QED) is 0.891. The van der Waals surface area contributed by atoms with Crippen LogP contribution in [0.3, 0.4) is 0 Å². The Hall–Kier alpha value is -1.39. The number of nitrogens with one attached hydrogen (secondary N) is 1. The monoisotopic (exact) mass is 341 g/mol. The number of carbonyl (C=O) groups is 1. The van der Waals surface area contributed by atoms with Gasteiger partial charge in [-0.25, -0.2) is 4.39 Å². The molecular formula is C14H10BrClFNO. The van der Waals surface area contributed by atoms with Crippen molar-refractivity contribution >= 4 is 33.4 Å². The van der Waals surface area contributed by atoms with Crippen molar-refractivity contribution in [2.45, 2.75) is 6.54 Å². The standard InChI is InChI=1S/C14H10BrClFNO/c15-11-7-9(5-6-13(11)17)14(19)18-8-10-3-1-2-4-12(10)16/h1-7H,8H2,(H,18,19). The fourth-order valence-electron chi connectivity index (χ4n) is 1.56. The number of amides is 1. The summed E-state index contributed by atoms with van der Waals surface area (Å²) in [6.07, 6.45) is 0. The van der Waals surface area contributed by atoms with Gasteiger partial charge in [0.15, 0.2) is 0 Å². The molecule has 0 radical (unpaired) electrons. The molecule has 2 nitrogen and oxygen atoms in total. The Balaban J connectivity index is 2.05. The number of rotatable bonds is 3. The minimum atomic E-state index is -0.400. The highest BCUT2D eigenvalue weighted by molar-refractivity contribution is 9.10. The van der Waals surface area contributed by atoms with E-state index in [-0.39, 0.29) is 10.4 Å². The summed E-state index contributed by atoms with van der Waals surface area (Å²) in [4.78, 5) is 11.9. The lowest BCUT2D eigenvalue weighted by atomic mass is 10.2. The van der Waals surface area contributed by atoms with Gasteiger partial charge >= 0.3 is 0 Å². The van der Waals surface area contributed by atoms with Gasteiger partial charge in [-0.05, 0) is 45.8 Å². The maximum atomic E-state index is 13.1. The van der Waals surface area contributed by atoms with Gasteiger partial charge in [0.05, 0.1) is 4.47 Å². The van der Waals surface area contributed by atoms with Crippen molar-refractivity contribution in [1.29, 1.82) is 0 Å². The molecule has 0 aromatic heterocycles. The van der Waals surface area contributed by atoms with Crippen LogP contribution in [0.5, 0.6) is 0 Å². The average molecular weight is 343 g/mol. The average Bonchev–Trinajstić information content (AvgIpc) is 2.40. The van der Waals surface area contributed by atoms with Crippen LogP contribution in [0.2, 0.25) is 5.02 Å². The molecule has 19 heavy (non-hydrogen) atoms. The minimum absolute atomic E-state index is 0.262. The first-order valence-corrected chi connectivity index (χ1v) is 6.71. The molecule has 2 aromatic carbocycles. The Morgan fingerprint density at radius 1 is 1.26 bits per heavy atom. The molecule has 0 saturated heterocycles. The van der Waals surface area contributed by atoms with Crippen molar-refractivity contribution < 1.29 is 9.18 Å². The van der Waals surface area contributed by atoms with Gasteiger partial charge in [-0.1, -0.05) is 29.8 Å². The molecule has 2 rings (SSSR count). The lowest BCUT2D eigenvalue weighted by Gasteiger charge is -2.07. The second kappa shape index (κ2) is 6.17. The fraction of sp³-hybridized carbons (Fsp3) is 0.0714. The van der Waals surface area contributed by atoms with Crippen molar-refractivity contribution in [2.24, 2.45) is 0 Å². The van der Waals surface area contributed by atoms with Gasteiger partial charge in [0.2, 0.25) is 0 Å². The van der Waals surface area contributed by atoms with Crippen LogP contribution in [0.25, 0.3) is 0 Å². The Morgan fingerprint density at radius 2 is 2.00 bits per heavy atom. The highest BCUT2D eigenvalue weighted by Crippen LogP contribution is 2.17. The maximum absolute atomic E-state index is 13.1. The Morgan fingerprint density at radius 3 is 2.68 bits per heavy atom. The highest BCUT2D eigenvalue weighted by atomic mass is 79.9. The topological polar surface area (TPSA) is 29.1 Å². The summed E-state index contributed by atoms with van der Waals surface area (Å²) in [6, 6.07) is 11.4. The largest absolute Gasteiger partial charge is 0.348 e. The number of carbonyl (C=O) groups excluding carboxylic acids is 1. The van der Waals surface area contributed by atoms with Crippen molar-refractivity contribution in [3.8, 4) is 0 Å². The smallest absolute Gasteiger partial charge is 0.251 e. The lowest BCUT2D eigenvalue weighted by Crippen LogP contribution is -2.22. The van der Waals surface area contributed by atoms with Gasteiger partial charge in [0.25, 0.3) is 5.91 Å². The van der Waals surface area contributed by atoms with Gasteiger partial charge < -0.3 is 5.32 Å². The van der Waals surface area contributed by atoms with E-state index in [9.17, 15) is 9.18 Å². The maximum Gasteiger partial charge on any atom is 0.251 e. The van der Waals surface area contributed by atoms with E-state index in [4.69, 9.17) is 11.6 Å². The van der Waals surface area contributed by atoms with E-state index in [1.54, 1.807) is 6.07 Å². The van der Waals surface area contributed by atoms with E-state index in [0.717, 1.165) is 5.56 Å². The van der Waals surface area contributed by atoms with Gasteiger partial charge in [0, 0.05) is 17.1 Å². The second-order valence-electron chi connectivity index (χ2n) is 3.90. The van der Waals surface area contributed by atoms with Crippen molar-refractivity contribution in [2.75, 3.05) is 0 Å². The van der Waals surface area contributed by atoms with Crippen molar-refractivity contribution in [1.82, 2.24) is 5.32 Å². The summed E-state index contributed by atoms with van der Waals surface area (Å²) in [6.45, 7) is 0.327. The predicted molar refractivity (Wildman–Crippen MR) is 76.7 cm³/mol. The summed E-state index contributed by atoms with van der Waals surface area (Å²) in [5.74, 6) is -0.678. The molecular weight excluding hydrogens is 333 g/mol. The number of halogens is 3. The molecule has 1 N–H and O–H groups in total. The molecule has 0 bridgehead atoms. The molecule has 0 saturated carbocycles. The SMILES string of the molecule is O=C(NCc1ccccc1Cl)c1ccc(F)c(Br)c1. The normalized spacial score (nSPS) is 10.3. The molecule has 0 aliphatic rings. The zero-order valence-corrected chi connectivity index (χ0v) is 12.1. The fourth-order valence-corrected chi connectivity index (χ4v) is 2.14. The summed E-state index contributed by atoms with van der Waals surface area (Å²) >= 11 is 9.04. The summed E-state index contributed by atoms with van der Waals surface area (Å²) in [7, 11) is 0. The van der Waals surface area contributed by atoms with E-state index < -0.39 is 5.82 Å². The molecule has 0 unspecified atom stereocenters. The van der Waals surface area contributed by atoms with Gasteiger partial charge in [0.1, 0.15) is 5.82 Å². The van der Waals surface area contributed by atoms with E-state index in [1.807, 2.05) is 18.2 Å². The molecule has 98 valence electrons. The lowest BCUT2D eigenvalue weighted by molar-refractivity contribution is 0.0951. The Labute approximate surface area is 123 Å². The van der Waals surface area contributed by atoms with Crippen LogP contribution in [0.4, 0.5) is 4.39 Å². The second-order valence-corrected chi connectivity index (χ2v) is 5.16. The van der Waals surface area contributed by atoms with Crippen LogP contribution in [0, 0.1) is 5.82 Å². The molecule has 0 atom stereocenters. The molecule has 0 spiro atoms. The molecule has 0 aliphatic heterocycles. The molecule has 0 heterocycles. The van der Waals surface area contributed by atoms with Crippen LogP contribution >= 0.6 is 27.5 Å². The first kappa shape index (κ1) is 14.0. The summed E-state index contributed by atoms with van der Waals surface area (Å²) < 4.78 is 13.3. The number of hydrogen-bond acceptors (Lipinski definition) is 1. The highest BCUT2D eigenvalue weighted by Gasteiger charge is 2.08. The number of hydrogen-bond donors (Lipinski definition) is 1. The summed E-state index contributed by atoms with van der Waals surface area (Å²) in [5.41, 5.74) is 1.22. The van der Waals surface area contributed by atoms with Crippen LogP contribution in [0.15, 0.2) is 46.9 Å². The third-order valence-electron chi connectivity index (χ3n) is 2.58. The third-order valence-corrected chi connectivity index (χ3v) is 3.56. The van der Waals surface area contributed by atoms with Gasteiger partial charge in [-0.15, -0.1) is 0 Å². The van der Waals surface area contributed by atoms with Crippen LogP contribution in [0.1, 0.15) is 15.9 Å². The first-order valence-electron chi connectivity index (χ1n) is 5.54. The molecule has 0 aliphatic carbocycles. The number of benzene rings is 2. The van der Waals surface area contributed by atoms with Crippen LogP contribution in [-0.2, 0) is 6.54 Å². The Bertz CT molecular complexity index is 618. The predicted octanol–water partition coefficient (Wildman–Crippen LogP) is 4.17. The zero-order chi connectivity index (χ0) is 13.8. The minimum Gasteiger partial charge on any atom is -0.348 e. The van der Waals surface area contributed by atoms with Crippen molar-refractivity contribution in [3.05, 3.63) is 68.9 Å². The zero-order valence-electron chi connectivity index (χ0n) is 9.79. The Kier molecular flexibility index (Phi) is 4.56. The van der Waals surface area contributed by atoms with Gasteiger partial charge in [-0.2, -0.15) is 0 Å². The van der Waals surface area contributed by atoms with Crippen LogP contribution < -0.4 is 5.32 Å². The van der Waals surface area contributed by atoms with E-state index in [0.29, 0.717) is 17.1 Å². The third kappa shape index (κ3) is 3.55. The summed E-state index contributed by atoms with van der Waals surface area (Å²) in [5, 5.41) is 3.34. The van der Waals surface area contributed by atoms with E-state index in [2.05, 4.69) is 21.2 Å².